The molecular formula is C22H39N5O. The van der Waals surface area contributed by atoms with Crippen LogP contribution >= 0.6 is 0 Å². The quantitative estimate of drug-likeness (QED) is 0.528. The Hall–Kier alpha value is -1.79. The van der Waals surface area contributed by atoms with E-state index in [9.17, 15) is 0 Å². The van der Waals surface area contributed by atoms with Crippen LogP contribution in [0.3, 0.4) is 0 Å². The summed E-state index contributed by atoms with van der Waals surface area (Å²) in [5.74, 6) is 1.80. The number of nitrogens with zero attached hydrogens (tertiary/aromatic N) is 3. The third-order valence-corrected chi connectivity index (χ3v) is 4.87. The maximum atomic E-state index is 5.98. The molecule has 0 unspecified atom stereocenters. The Bertz CT molecular complexity index is 617. The lowest BCUT2D eigenvalue weighted by atomic mass is 10.1. The molecule has 2 rings (SSSR count). The van der Waals surface area contributed by atoms with Crippen LogP contribution in [0.1, 0.15) is 38.3 Å². The first-order valence-electron chi connectivity index (χ1n) is 10.7. The second kappa shape index (κ2) is 11.9. The highest BCUT2D eigenvalue weighted by Gasteiger charge is 2.12. The first kappa shape index (κ1) is 22.5. The molecule has 1 heterocycles. The van der Waals surface area contributed by atoms with Gasteiger partial charge in [-0.1, -0.05) is 12.1 Å². The Morgan fingerprint density at radius 2 is 2.00 bits per heavy atom. The molecule has 6 heteroatoms. The molecule has 28 heavy (non-hydrogen) atoms. The van der Waals surface area contributed by atoms with Gasteiger partial charge in [-0.3, -0.25) is 0 Å². The molecule has 0 atom stereocenters. The Labute approximate surface area is 171 Å². The van der Waals surface area contributed by atoms with E-state index in [2.05, 4.69) is 73.4 Å². The van der Waals surface area contributed by atoms with E-state index in [1.165, 1.54) is 25.1 Å². The summed E-state index contributed by atoms with van der Waals surface area (Å²) in [5.41, 5.74) is 2.32. The summed E-state index contributed by atoms with van der Waals surface area (Å²) in [6.45, 7) is 16.4. The third kappa shape index (κ3) is 8.07. The van der Waals surface area contributed by atoms with E-state index in [-0.39, 0.29) is 6.10 Å². The van der Waals surface area contributed by atoms with Gasteiger partial charge in [0, 0.05) is 38.3 Å². The SMILES string of the molecule is CCNC(=NCc1ccc(C)cc1OC(C)C)NCCN1CCCN(C)CC1. The zero-order valence-electron chi connectivity index (χ0n) is 18.4. The van der Waals surface area contributed by atoms with Crippen LogP contribution in [-0.2, 0) is 6.54 Å². The van der Waals surface area contributed by atoms with E-state index < -0.39 is 0 Å². The van der Waals surface area contributed by atoms with Crippen molar-refractivity contribution < 1.29 is 4.74 Å². The Kier molecular flexibility index (Phi) is 9.58. The van der Waals surface area contributed by atoms with Crippen LogP contribution in [0.2, 0.25) is 0 Å². The van der Waals surface area contributed by atoms with Gasteiger partial charge in [-0.15, -0.1) is 0 Å². The van der Waals surface area contributed by atoms with E-state index in [1.807, 2.05) is 0 Å². The first-order chi connectivity index (χ1) is 13.5. The number of likely N-dealkylation sites (N-methyl/N-ethyl adjacent to an activating group) is 1. The number of rotatable bonds is 8. The fraction of sp³-hybridized carbons (Fsp3) is 0.682. The van der Waals surface area contributed by atoms with Crippen molar-refractivity contribution >= 4 is 5.96 Å². The number of benzene rings is 1. The van der Waals surface area contributed by atoms with Gasteiger partial charge >= 0.3 is 0 Å². The zero-order chi connectivity index (χ0) is 20.4. The summed E-state index contributed by atoms with van der Waals surface area (Å²) in [4.78, 5) is 9.73. The molecule has 0 amide bonds. The van der Waals surface area contributed by atoms with Crippen LogP contribution in [0, 0.1) is 6.92 Å². The van der Waals surface area contributed by atoms with Crippen LogP contribution in [-0.4, -0.2) is 74.7 Å². The molecule has 0 saturated carbocycles. The molecule has 6 nitrogen and oxygen atoms in total. The van der Waals surface area contributed by atoms with E-state index in [4.69, 9.17) is 9.73 Å². The lowest BCUT2D eigenvalue weighted by molar-refractivity contribution is 0.240. The molecule has 2 N–H and O–H groups in total. The van der Waals surface area contributed by atoms with Crippen LogP contribution in [0.4, 0.5) is 0 Å². The monoisotopic (exact) mass is 389 g/mol. The molecular weight excluding hydrogens is 350 g/mol. The number of aliphatic imine (C=N–C) groups is 1. The number of aryl methyl sites for hydroxylation is 1. The van der Waals surface area contributed by atoms with Gasteiger partial charge in [0.1, 0.15) is 5.75 Å². The highest BCUT2D eigenvalue weighted by Crippen LogP contribution is 2.22. The molecule has 1 aliphatic heterocycles. The lowest BCUT2D eigenvalue weighted by Crippen LogP contribution is -2.42. The van der Waals surface area contributed by atoms with Crippen molar-refractivity contribution in [3.63, 3.8) is 0 Å². The van der Waals surface area contributed by atoms with Crippen LogP contribution in [0.25, 0.3) is 0 Å². The van der Waals surface area contributed by atoms with E-state index >= 15 is 0 Å². The van der Waals surface area contributed by atoms with Gasteiger partial charge < -0.3 is 25.2 Å². The Morgan fingerprint density at radius 1 is 1.18 bits per heavy atom. The number of guanidine groups is 1. The average molecular weight is 390 g/mol. The van der Waals surface area contributed by atoms with E-state index in [1.54, 1.807) is 0 Å². The lowest BCUT2D eigenvalue weighted by Gasteiger charge is -2.21. The summed E-state index contributed by atoms with van der Waals surface area (Å²) in [7, 11) is 2.21. The predicted molar refractivity (Wildman–Crippen MR) is 118 cm³/mol. The topological polar surface area (TPSA) is 52.1 Å². The maximum Gasteiger partial charge on any atom is 0.191 e. The number of nitrogens with one attached hydrogen (secondary N) is 2. The summed E-state index contributed by atoms with van der Waals surface area (Å²) in [5, 5.41) is 6.84. The van der Waals surface area contributed by atoms with Crippen molar-refractivity contribution in [2.24, 2.45) is 4.99 Å². The second-order valence-electron chi connectivity index (χ2n) is 7.90. The molecule has 0 radical (unpaired) electrons. The highest BCUT2D eigenvalue weighted by atomic mass is 16.5. The van der Waals surface area contributed by atoms with Gasteiger partial charge in [-0.2, -0.15) is 0 Å². The molecule has 1 fully saturated rings. The van der Waals surface area contributed by atoms with Gasteiger partial charge in [-0.05, 0) is 65.9 Å². The third-order valence-electron chi connectivity index (χ3n) is 4.87. The summed E-state index contributed by atoms with van der Waals surface area (Å²) >= 11 is 0. The molecule has 0 aromatic heterocycles. The maximum absolute atomic E-state index is 5.98. The van der Waals surface area contributed by atoms with Crippen molar-refractivity contribution in [1.82, 2.24) is 20.4 Å². The van der Waals surface area contributed by atoms with E-state index in [0.717, 1.165) is 50.0 Å². The standard InChI is InChI=1S/C22H39N5O/c1-6-23-22(24-10-13-27-12-7-11-26(5)14-15-27)25-17-20-9-8-19(4)16-21(20)28-18(2)3/h8-9,16,18H,6-7,10-15,17H2,1-5H3,(H2,23,24,25). The Morgan fingerprint density at radius 3 is 2.75 bits per heavy atom. The first-order valence-corrected chi connectivity index (χ1v) is 10.7. The summed E-state index contributed by atoms with van der Waals surface area (Å²) < 4.78 is 5.98. The normalized spacial score (nSPS) is 16.9. The number of hydrogen-bond donors (Lipinski definition) is 2. The van der Waals surface area contributed by atoms with Crippen LogP contribution < -0.4 is 15.4 Å². The molecule has 0 spiro atoms. The van der Waals surface area contributed by atoms with Crippen LogP contribution in [0.15, 0.2) is 23.2 Å². The van der Waals surface area contributed by atoms with Crippen molar-refractivity contribution in [2.75, 3.05) is 52.9 Å². The van der Waals surface area contributed by atoms with Gasteiger partial charge in [0.2, 0.25) is 0 Å². The predicted octanol–water partition coefficient (Wildman–Crippen LogP) is 2.47. The molecule has 1 aliphatic rings. The minimum atomic E-state index is 0.156. The van der Waals surface area contributed by atoms with Crippen molar-refractivity contribution in [3.8, 4) is 5.75 Å². The van der Waals surface area contributed by atoms with Crippen molar-refractivity contribution in [3.05, 3.63) is 29.3 Å². The molecule has 1 aromatic rings. The fourth-order valence-electron chi connectivity index (χ4n) is 3.32. The summed E-state index contributed by atoms with van der Waals surface area (Å²) in [6.07, 6.45) is 1.40. The van der Waals surface area contributed by atoms with E-state index in [0.29, 0.717) is 6.54 Å². The van der Waals surface area contributed by atoms with Crippen LogP contribution in [0.5, 0.6) is 5.75 Å². The highest BCUT2D eigenvalue weighted by molar-refractivity contribution is 5.79. The fourth-order valence-corrected chi connectivity index (χ4v) is 3.32. The number of hydrogen-bond acceptors (Lipinski definition) is 4. The zero-order valence-corrected chi connectivity index (χ0v) is 18.4. The minimum Gasteiger partial charge on any atom is -0.491 e. The molecule has 1 saturated heterocycles. The van der Waals surface area contributed by atoms with Gasteiger partial charge in [0.05, 0.1) is 12.6 Å². The smallest absolute Gasteiger partial charge is 0.191 e. The largest absolute Gasteiger partial charge is 0.491 e. The van der Waals surface area contributed by atoms with Gasteiger partial charge in [0.25, 0.3) is 0 Å². The van der Waals surface area contributed by atoms with Gasteiger partial charge in [0.15, 0.2) is 5.96 Å². The van der Waals surface area contributed by atoms with Crippen molar-refractivity contribution in [1.29, 1.82) is 0 Å². The average Bonchev–Trinajstić information content (AvgIpc) is 2.85. The molecule has 0 aliphatic carbocycles. The van der Waals surface area contributed by atoms with Crippen molar-refractivity contribution in [2.45, 2.75) is 46.8 Å². The molecule has 1 aromatic carbocycles. The van der Waals surface area contributed by atoms with Gasteiger partial charge in [-0.25, -0.2) is 4.99 Å². The number of ether oxygens (including phenoxy) is 1. The molecule has 0 bridgehead atoms. The summed E-state index contributed by atoms with van der Waals surface area (Å²) in [6, 6.07) is 6.34. The minimum absolute atomic E-state index is 0.156. The molecule has 158 valence electrons. The Balaban J connectivity index is 1.91. The second-order valence-corrected chi connectivity index (χ2v) is 7.90.